The molecule has 0 aromatic rings. The van der Waals surface area contributed by atoms with Crippen molar-refractivity contribution in [3.05, 3.63) is 0 Å². The second-order valence-electron chi connectivity index (χ2n) is 5.89. The fourth-order valence-electron chi connectivity index (χ4n) is 3.26. The average molecular weight is 223 g/mol. The standard InChI is InChI=1S/C13H25N3/c1-10(2)11-5-4-7-13(8-6-11)9-15-12(14)16(13)3/h10-11H,4-9H2,1-3H3,(H2,14,15). The van der Waals surface area contributed by atoms with E-state index in [0.717, 1.165) is 24.3 Å². The summed E-state index contributed by atoms with van der Waals surface area (Å²) in [6.45, 7) is 5.62. The zero-order valence-electron chi connectivity index (χ0n) is 10.9. The molecule has 0 bridgehead atoms. The van der Waals surface area contributed by atoms with Crippen LogP contribution in [0.4, 0.5) is 0 Å². The summed E-state index contributed by atoms with van der Waals surface area (Å²) in [5.74, 6) is 2.46. The Labute approximate surface area is 99.1 Å². The maximum Gasteiger partial charge on any atom is 0.191 e. The van der Waals surface area contributed by atoms with Crippen LogP contribution in [0.2, 0.25) is 0 Å². The van der Waals surface area contributed by atoms with Gasteiger partial charge in [-0.2, -0.15) is 0 Å². The van der Waals surface area contributed by atoms with Crippen LogP contribution in [0.15, 0.2) is 4.99 Å². The molecule has 0 saturated heterocycles. The van der Waals surface area contributed by atoms with Gasteiger partial charge in [-0.05, 0) is 31.1 Å². The van der Waals surface area contributed by atoms with Crippen molar-refractivity contribution in [2.45, 2.75) is 51.5 Å². The van der Waals surface area contributed by atoms with Gasteiger partial charge in [0, 0.05) is 7.05 Å². The summed E-state index contributed by atoms with van der Waals surface area (Å²) in [7, 11) is 2.11. The minimum absolute atomic E-state index is 0.258. The topological polar surface area (TPSA) is 41.6 Å². The molecule has 3 nitrogen and oxygen atoms in total. The zero-order chi connectivity index (χ0) is 11.8. The molecular weight excluding hydrogens is 198 g/mol. The third-order valence-electron chi connectivity index (χ3n) is 4.73. The van der Waals surface area contributed by atoms with E-state index in [2.05, 4.69) is 30.8 Å². The zero-order valence-corrected chi connectivity index (χ0v) is 10.9. The van der Waals surface area contributed by atoms with Crippen LogP contribution in [0.3, 0.4) is 0 Å². The molecule has 2 rings (SSSR count). The van der Waals surface area contributed by atoms with Crippen molar-refractivity contribution in [2.24, 2.45) is 22.6 Å². The molecule has 1 aliphatic heterocycles. The van der Waals surface area contributed by atoms with Crippen LogP contribution in [0.25, 0.3) is 0 Å². The van der Waals surface area contributed by atoms with Crippen molar-refractivity contribution in [2.75, 3.05) is 13.6 Å². The summed E-state index contributed by atoms with van der Waals surface area (Å²) < 4.78 is 0. The average Bonchev–Trinajstić information content (AvgIpc) is 2.45. The van der Waals surface area contributed by atoms with Crippen molar-refractivity contribution in [1.29, 1.82) is 0 Å². The van der Waals surface area contributed by atoms with E-state index in [4.69, 9.17) is 5.73 Å². The van der Waals surface area contributed by atoms with Crippen LogP contribution in [0.5, 0.6) is 0 Å². The normalized spacial score (nSPS) is 35.6. The number of nitrogens with two attached hydrogens (primary N) is 1. The molecule has 2 N–H and O–H groups in total. The van der Waals surface area contributed by atoms with E-state index in [0.29, 0.717) is 0 Å². The molecule has 1 fully saturated rings. The lowest BCUT2D eigenvalue weighted by Gasteiger charge is -2.36. The highest BCUT2D eigenvalue weighted by molar-refractivity contribution is 5.80. The highest BCUT2D eigenvalue weighted by atomic mass is 15.3. The van der Waals surface area contributed by atoms with Crippen molar-refractivity contribution in [3.63, 3.8) is 0 Å². The molecule has 1 heterocycles. The molecule has 0 aromatic carbocycles. The summed E-state index contributed by atoms with van der Waals surface area (Å²) in [4.78, 5) is 6.66. The molecule has 3 heteroatoms. The molecule has 92 valence electrons. The third kappa shape index (κ3) is 1.92. The largest absolute Gasteiger partial charge is 0.370 e. The number of guanidine groups is 1. The SMILES string of the molecule is CC(C)C1CCCC2(CC1)CN=C(N)N2C. The van der Waals surface area contributed by atoms with Crippen molar-refractivity contribution in [3.8, 4) is 0 Å². The van der Waals surface area contributed by atoms with E-state index < -0.39 is 0 Å². The number of rotatable bonds is 1. The van der Waals surface area contributed by atoms with E-state index in [1.54, 1.807) is 0 Å². The lowest BCUT2D eigenvalue weighted by atomic mass is 9.86. The van der Waals surface area contributed by atoms with Crippen LogP contribution in [-0.4, -0.2) is 30.0 Å². The Morgan fingerprint density at radius 2 is 2.12 bits per heavy atom. The Morgan fingerprint density at radius 1 is 1.38 bits per heavy atom. The van der Waals surface area contributed by atoms with Gasteiger partial charge in [-0.3, -0.25) is 4.99 Å². The molecule has 0 radical (unpaired) electrons. The summed E-state index contributed by atoms with van der Waals surface area (Å²) in [5, 5.41) is 0. The fraction of sp³-hybridized carbons (Fsp3) is 0.923. The molecule has 0 amide bonds. The van der Waals surface area contributed by atoms with Gasteiger partial charge in [0.05, 0.1) is 12.1 Å². The van der Waals surface area contributed by atoms with Crippen LogP contribution < -0.4 is 5.73 Å². The van der Waals surface area contributed by atoms with E-state index >= 15 is 0 Å². The van der Waals surface area contributed by atoms with Gasteiger partial charge in [0.15, 0.2) is 5.96 Å². The Morgan fingerprint density at radius 3 is 2.69 bits per heavy atom. The van der Waals surface area contributed by atoms with E-state index in [-0.39, 0.29) is 5.54 Å². The highest BCUT2D eigenvalue weighted by Gasteiger charge is 2.41. The van der Waals surface area contributed by atoms with Gasteiger partial charge in [-0.25, -0.2) is 0 Å². The molecule has 1 spiro atoms. The smallest absolute Gasteiger partial charge is 0.191 e. The van der Waals surface area contributed by atoms with Gasteiger partial charge >= 0.3 is 0 Å². The van der Waals surface area contributed by atoms with Gasteiger partial charge in [0.1, 0.15) is 0 Å². The number of likely N-dealkylation sites (N-methyl/N-ethyl adjacent to an activating group) is 1. The first-order chi connectivity index (χ1) is 7.55. The van der Waals surface area contributed by atoms with Crippen molar-refractivity contribution >= 4 is 5.96 Å². The predicted molar refractivity (Wildman–Crippen MR) is 68.4 cm³/mol. The molecule has 0 aromatic heterocycles. The molecule has 16 heavy (non-hydrogen) atoms. The Hall–Kier alpha value is -0.730. The van der Waals surface area contributed by atoms with Crippen LogP contribution in [0.1, 0.15) is 46.0 Å². The van der Waals surface area contributed by atoms with Gasteiger partial charge in [-0.15, -0.1) is 0 Å². The summed E-state index contributed by atoms with van der Waals surface area (Å²) in [6.07, 6.45) is 6.57. The lowest BCUT2D eigenvalue weighted by molar-refractivity contribution is 0.201. The Bertz CT molecular complexity index is 285. The quantitative estimate of drug-likeness (QED) is 0.740. The Kier molecular flexibility index (Phi) is 3.13. The van der Waals surface area contributed by atoms with Gasteiger partial charge in [-0.1, -0.05) is 26.7 Å². The lowest BCUT2D eigenvalue weighted by Crippen LogP contribution is -2.48. The number of hydrogen-bond acceptors (Lipinski definition) is 3. The third-order valence-corrected chi connectivity index (χ3v) is 4.73. The van der Waals surface area contributed by atoms with E-state index in [9.17, 15) is 0 Å². The minimum Gasteiger partial charge on any atom is -0.370 e. The molecule has 2 atom stereocenters. The predicted octanol–water partition coefficient (Wildman–Crippen LogP) is 2.22. The summed E-state index contributed by atoms with van der Waals surface area (Å²) in [6, 6.07) is 0. The van der Waals surface area contributed by atoms with Crippen LogP contribution >= 0.6 is 0 Å². The molecule has 1 aliphatic carbocycles. The fourth-order valence-corrected chi connectivity index (χ4v) is 3.26. The van der Waals surface area contributed by atoms with Crippen molar-refractivity contribution in [1.82, 2.24) is 4.90 Å². The van der Waals surface area contributed by atoms with Crippen LogP contribution in [0, 0.1) is 11.8 Å². The molecule has 2 aliphatic rings. The summed E-state index contributed by atoms with van der Waals surface area (Å²) >= 11 is 0. The van der Waals surface area contributed by atoms with Crippen molar-refractivity contribution < 1.29 is 0 Å². The number of hydrogen-bond donors (Lipinski definition) is 1. The van der Waals surface area contributed by atoms with Gasteiger partial charge in [0.25, 0.3) is 0 Å². The highest BCUT2D eigenvalue weighted by Crippen LogP contribution is 2.38. The van der Waals surface area contributed by atoms with Gasteiger partial charge < -0.3 is 10.6 Å². The first kappa shape index (κ1) is 11.7. The number of nitrogens with zero attached hydrogens (tertiary/aromatic N) is 2. The molecule has 1 saturated carbocycles. The maximum atomic E-state index is 5.91. The second kappa shape index (κ2) is 4.27. The molecular formula is C13H25N3. The first-order valence-electron chi connectivity index (χ1n) is 6.59. The van der Waals surface area contributed by atoms with Gasteiger partial charge in [0.2, 0.25) is 0 Å². The van der Waals surface area contributed by atoms with E-state index in [1.165, 1.54) is 32.1 Å². The second-order valence-corrected chi connectivity index (χ2v) is 5.89. The summed E-state index contributed by atoms with van der Waals surface area (Å²) in [5.41, 5.74) is 6.16. The Balaban J connectivity index is 2.04. The number of aliphatic imine (C=N–C) groups is 1. The van der Waals surface area contributed by atoms with Crippen LogP contribution in [-0.2, 0) is 0 Å². The first-order valence-corrected chi connectivity index (χ1v) is 6.59. The minimum atomic E-state index is 0.258. The maximum absolute atomic E-state index is 5.91. The monoisotopic (exact) mass is 223 g/mol. The molecule has 2 unspecified atom stereocenters. The van der Waals surface area contributed by atoms with E-state index in [1.807, 2.05) is 0 Å².